The zero-order valence-corrected chi connectivity index (χ0v) is 16.7. The van der Waals surface area contributed by atoms with E-state index in [1.54, 1.807) is 0 Å². The Morgan fingerprint density at radius 2 is 1.66 bits per heavy atom. The van der Waals surface area contributed by atoms with E-state index >= 15 is 0 Å². The largest absolute Gasteiger partial charge is 0.493 e. The van der Waals surface area contributed by atoms with E-state index in [0.29, 0.717) is 12.5 Å². The minimum absolute atomic E-state index is 0.0276. The molecule has 32 heavy (non-hydrogen) atoms. The Labute approximate surface area is 178 Å². The van der Waals surface area contributed by atoms with E-state index in [2.05, 4.69) is 6.58 Å². The first-order chi connectivity index (χ1) is 15.0. The monoisotopic (exact) mass is 461 g/mol. The lowest BCUT2D eigenvalue weighted by atomic mass is 10.1. The number of ether oxygens (including phenoxy) is 3. The van der Waals surface area contributed by atoms with Crippen LogP contribution < -0.4 is 9.47 Å². The first kappa shape index (κ1) is 24.6. The quantitative estimate of drug-likeness (QED) is 0.0911. The zero-order chi connectivity index (χ0) is 24.2. The third-order valence-corrected chi connectivity index (χ3v) is 4.19. The average Bonchev–Trinajstić information content (AvgIpc) is 2.77. The average molecular weight is 461 g/mol. The number of carbonyl (C=O) groups is 1. The van der Waals surface area contributed by atoms with E-state index in [9.17, 15) is 36.9 Å². The van der Waals surface area contributed by atoms with Gasteiger partial charge in [0.15, 0.2) is 11.5 Å². The molecule has 0 aliphatic rings. The van der Waals surface area contributed by atoms with Crippen molar-refractivity contribution in [2.45, 2.75) is 25.9 Å². The lowest BCUT2D eigenvalue weighted by Crippen LogP contribution is -2.11. The van der Waals surface area contributed by atoms with Gasteiger partial charge in [-0.05, 0) is 19.4 Å². The van der Waals surface area contributed by atoms with Gasteiger partial charge in [0.05, 0.1) is 23.7 Å². The van der Waals surface area contributed by atoms with Gasteiger partial charge in [0.2, 0.25) is 34.8 Å². The molecule has 7 nitrogen and oxygen atoms in total. The van der Waals surface area contributed by atoms with Gasteiger partial charge in [-0.15, -0.1) is 6.58 Å². The fraction of sp³-hybridized carbons (Fsp3) is 0.250. The van der Waals surface area contributed by atoms with Gasteiger partial charge < -0.3 is 14.2 Å². The van der Waals surface area contributed by atoms with E-state index in [1.165, 1.54) is 13.0 Å². The predicted octanol–water partition coefficient (Wildman–Crippen LogP) is 5.66. The lowest BCUT2D eigenvalue weighted by Gasteiger charge is -2.17. The second-order valence-corrected chi connectivity index (χ2v) is 6.28. The highest BCUT2D eigenvalue weighted by Crippen LogP contribution is 2.42. The van der Waals surface area contributed by atoms with Gasteiger partial charge in [-0.2, -0.15) is 8.78 Å². The number of nitrogens with zero attached hydrogens (tertiary/aromatic N) is 1. The van der Waals surface area contributed by atoms with Gasteiger partial charge in [-0.25, -0.2) is 13.2 Å². The molecule has 0 saturated heterocycles. The number of methoxy groups -OCH3 is 1. The molecule has 0 aliphatic carbocycles. The third kappa shape index (κ3) is 4.95. The molecule has 0 amide bonds. The Kier molecular flexibility index (Phi) is 7.73. The van der Waals surface area contributed by atoms with Crippen LogP contribution in [0.3, 0.4) is 0 Å². The highest BCUT2D eigenvalue weighted by atomic mass is 19.2. The number of allylic oxidation sites excluding steroid dienone is 1. The van der Waals surface area contributed by atoms with E-state index in [4.69, 9.17) is 14.2 Å². The van der Waals surface area contributed by atoms with Crippen molar-refractivity contribution in [1.82, 2.24) is 0 Å². The first-order valence-corrected chi connectivity index (χ1v) is 8.89. The summed E-state index contributed by atoms with van der Waals surface area (Å²) in [6.07, 6.45) is 0.610. The number of nitro benzene ring substituents is 1. The van der Waals surface area contributed by atoms with Gasteiger partial charge in [-0.1, -0.05) is 6.08 Å². The molecule has 0 spiro atoms. The van der Waals surface area contributed by atoms with Crippen LogP contribution in [0.4, 0.5) is 27.6 Å². The fourth-order valence-electron chi connectivity index (χ4n) is 2.61. The molecule has 0 bridgehead atoms. The van der Waals surface area contributed by atoms with Crippen molar-refractivity contribution >= 4 is 11.7 Å². The third-order valence-electron chi connectivity index (χ3n) is 4.19. The summed E-state index contributed by atoms with van der Waals surface area (Å²) < 4.78 is 82.9. The molecule has 0 heterocycles. The van der Waals surface area contributed by atoms with Gasteiger partial charge in [0.25, 0.3) is 5.69 Å². The molecule has 0 fully saturated rings. The Balaban J connectivity index is 2.54. The SMILES string of the molecule is C=CCCC(=O)OC(C)c1cc(OC)c(Oc2c(F)c(F)c(F)c(F)c2F)cc1[N+](=O)[O-]. The normalized spacial score (nSPS) is 11.6. The Morgan fingerprint density at radius 3 is 2.16 bits per heavy atom. The molecule has 2 aromatic carbocycles. The molecule has 1 unspecified atom stereocenters. The van der Waals surface area contributed by atoms with Crippen molar-refractivity contribution in [1.29, 1.82) is 0 Å². The van der Waals surface area contributed by atoms with Crippen molar-refractivity contribution in [3.8, 4) is 17.2 Å². The minimum Gasteiger partial charge on any atom is -0.493 e. The van der Waals surface area contributed by atoms with Crippen LogP contribution in [-0.4, -0.2) is 18.0 Å². The summed E-state index contributed by atoms with van der Waals surface area (Å²) in [6, 6.07) is 1.64. The Hall–Kier alpha value is -3.70. The maximum atomic E-state index is 14.0. The van der Waals surface area contributed by atoms with Crippen molar-refractivity contribution < 1.29 is 45.9 Å². The summed E-state index contributed by atoms with van der Waals surface area (Å²) in [5.74, 6) is -14.9. The molecule has 12 heteroatoms. The summed E-state index contributed by atoms with van der Waals surface area (Å²) in [5.41, 5.74) is -0.878. The molecule has 0 aliphatic heterocycles. The van der Waals surface area contributed by atoms with Gasteiger partial charge in [0.1, 0.15) is 6.10 Å². The van der Waals surface area contributed by atoms with Crippen molar-refractivity contribution in [3.63, 3.8) is 0 Å². The summed E-state index contributed by atoms with van der Waals surface area (Å²) >= 11 is 0. The number of rotatable bonds is 9. The van der Waals surface area contributed by atoms with Gasteiger partial charge >= 0.3 is 5.97 Å². The van der Waals surface area contributed by atoms with E-state index in [-0.39, 0.29) is 17.7 Å². The molecule has 2 aromatic rings. The zero-order valence-electron chi connectivity index (χ0n) is 16.7. The van der Waals surface area contributed by atoms with Crippen LogP contribution in [0.15, 0.2) is 24.8 Å². The smallest absolute Gasteiger partial charge is 0.306 e. The van der Waals surface area contributed by atoms with Gasteiger partial charge in [0, 0.05) is 6.42 Å². The number of halogens is 5. The molecule has 172 valence electrons. The second kappa shape index (κ2) is 10.1. The summed E-state index contributed by atoms with van der Waals surface area (Å²) in [7, 11) is 1.07. The number of hydrogen-bond donors (Lipinski definition) is 0. The summed E-state index contributed by atoms with van der Waals surface area (Å²) in [6.45, 7) is 4.78. The molecular formula is C20H16F5NO6. The topological polar surface area (TPSA) is 87.9 Å². The second-order valence-electron chi connectivity index (χ2n) is 6.28. The minimum atomic E-state index is -2.40. The molecule has 2 rings (SSSR count). The van der Waals surface area contributed by atoms with Gasteiger partial charge in [-0.3, -0.25) is 14.9 Å². The Morgan fingerprint density at radius 1 is 1.09 bits per heavy atom. The lowest BCUT2D eigenvalue weighted by molar-refractivity contribution is -0.386. The molecule has 0 radical (unpaired) electrons. The standard InChI is InChI=1S/C20H16F5NO6/c1-4-5-6-14(27)31-9(2)10-7-12(30-3)13(8-11(10)26(28)29)32-20-18(24)16(22)15(21)17(23)19(20)25/h4,7-9H,1,5-6H2,2-3H3. The number of nitro groups is 1. The van der Waals surface area contributed by atoms with Crippen LogP contribution in [0.2, 0.25) is 0 Å². The molecule has 0 N–H and O–H groups in total. The van der Waals surface area contributed by atoms with Crippen molar-refractivity contribution in [3.05, 3.63) is 69.6 Å². The van der Waals surface area contributed by atoms with Crippen LogP contribution >= 0.6 is 0 Å². The highest BCUT2D eigenvalue weighted by molar-refractivity contribution is 5.70. The fourth-order valence-corrected chi connectivity index (χ4v) is 2.61. The highest BCUT2D eigenvalue weighted by Gasteiger charge is 2.30. The van der Waals surface area contributed by atoms with E-state index in [1.807, 2.05) is 0 Å². The Bertz CT molecular complexity index is 1050. The molecule has 1 atom stereocenters. The number of esters is 1. The molecule has 0 saturated carbocycles. The maximum absolute atomic E-state index is 14.0. The summed E-state index contributed by atoms with van der Waals surface area (Å²) in [5, 5.41) is 11.5. The maximum Gasteiger partial charge on any atom is 0.306 e. The number of carbonyl (C=O) groups excluding carboxylic acids is 1. The van der Waals surface area contributed by atoms with Crippen LogP contribution in [0.25, 0.3) is 0 Å². The van der Waals surface area contributed by atoms with Crippen molar-refractivity contribution in [2.75, 3.05) is 7.11 Å². The molecule has 0 aromatic heterocycles. The predicted molar refractivity (Wildman–Crippen MR) is 99.9 cm³/mol. The van der Waals surface area contributed by atoms with Crippen LogP contribution in [-0.2, 0) is 9.53 Å². The van der Waals surface area contributed by atoms with Crippen molar-refractivity contribution in [2.24, 2.45) is 0 Å². The van der Waals surface area contributed by atoms with E-state index < -0.39 is 63.3 Å². The van der Waals surface area contributed by atoms with Crippen LogP contribution in [0.1, 0.15) is 31.4 Å². The first-order valence-electron chi connectivity index (χ1n) is 8.89. The number of hydrogen-bond acceptors (Lipinski definition) is 6. The number of benzene rings is 2. The molecular weight excluding hydrogens is 445 g/mol. The summed E-state index contributed by atoms with van der Waals surface area (Å²) in [4.78, 5) is 22.4. The van der Waals surface area contributed by atoms with Crippen LogP contribution in [0, 0.1) is 39.2 Å². The van der Waals surface area contributed by atoms with E-state index in [0.717, 1.165) is 13.2 Å². The van der Waals surface area contributed by atoms with Crippen LogP contribution in [0.5, 0.6) is 17.2 Å².